The number of hydrogen-bond donors (Lipinski definition) is 2. The Bertz CT molecular complexity index is 327. The number of nitrogens with one attached hydrogen (secondary N) is 1. The minimum Gasteiger partial charge on any atom is -0.466 e. The van der Waals surface area contributed by atoms with E-state index in [0.29, 0.717) is 38.8 Å². The molecule has 20 heavy (non-hydrogen) atoms. The minimum atomic E-state index is -0.672. The van der Waals surface area contributed by atoms with Crippen LogP contribution in [0.25, 0.3) is 0 Å². The van der Waals surface area contributed by atoms with E-state index in [4.69, 9.17) is 11.2 Å². The summed E-state index contributed by atoms with van der Waals surface area (Å²) in [5.41, 5.74) is -0.672. The number of aliphatic hydroxyl groups is 1. The van der Waals surface area contributed by atoms with Crippen LogP contribution < -0.4 is 5.32 Å². The van der Waals surface area contributed by atoms with E-state index < -0.39 is 5.60 Å². The number of rotatable bonds is 8. The van der Waals surface area contributed by atoms with Crippen molar-refractivity contribution in [1.82, 2.24) is 5.32 Å². The first kappa shape index (κ1) is 17.0. The SMILES string of the molecule is C#CCCCCNCC1(O)CCC(C(=O)OCC)CC1. The van der Waals surface area contributed by atoms with Gasteiger partial charge in [0.05, 0.1) is 18.1 Å². The standard InChI is InChI=1S/C16H27NO3/c1-3-5-6-7-12-17-13-16(19)10-8-14(9-11-16)15(18)20-4-2/h1,14,17,19H,4-13H2,2H3. The highest BCUT2D eigenvalue weighted by Gasteiger charge is 2.35. The molecule has 4 nitrogen and oxygen atoms in total. The average Bonchev–Trinajstić information content (AvgIpc) is 2.44. The van der Waals surface area contributed by atoms with Gasteiger partial charge in [-0.05, 0) is 52.0 Å². The van der Waals surface area contributed by atoms with Gasteiger partial charge in [-0.25, -0.2) is 0 Å². The second-order valence-corrected chi connectivity index (χ2v) is 5.59. The van der Waals surface area contributed by atoms with Gasteiger partial charge in [0.15, 0.2) is 0 Å². The Labute approximate surface area is 122 Å². The molecule has 0 heterocycles. The van der Waals surface area contributed by atoms with Gasteiger partial charge >= 0.3 is 5.97 Å². The Hall–Kier alpha value is -1.05. The van der Waals surface area contributed by atoms with Crippen molar-refractivity contribution in [2.45, 2.75) is 57.5 Å². The van der Waals surface area contributed by atoms with Crippen LogP contribution in [0.15, 0.2) is 0 Å². The van der Waals surface area contributed by atoms with E-state index in [2.05, 4.69) is 11.2 Å². The molecule has 1 rings (SSSR count). The zero-order valence-electron chi connectivity index (χ0n) is 12.5. The number of terminal acetylenes is 1. The molecular weight excluding hydrogens is 254 g/mol. The molecule has 0 radical (unpaired) electrons. The van der Waals surface area contributed by atoms with Crippen molar-refractivity contribution in [3.8, 4) is 12.3 Å². The molecule has 114 valence electrons. The van der Waals surface area contributed by atoms with Crippen LogP contribution in [0.3, 0.4) is 0 Å². The van der Waals surface area contributed by atoms with Gasteiger partial charge in [0, 0.05) is 13.0 Å². The summed E-state index contributed by atoms with van der Waals surface area (Å²) in [4.78, 5) is 11.6. The van der Waals surface area contributed by atoms with Crippen molar-refractivity contribution in [1.29, 1.82) is 0 Å². The summed E-state index contributed by atoms with van der Waals surface area (Å²) in [6.45, 7) is 3.73. The molecule has 1 fully saturated rings. The molecule has 0 bridgehead atoms. The van der Waals surface area contributed by atoms with Crippen LogP contribution in [0.2, 0.25) is 0 Å². The van der Waals surface area contributed by atoms with Crippen molar-refractivity contribution in [2.24, 2.45) is 5.92 Å². The van der Waals surface area contributed by atoms with Crippen molar-refractivity contribution in [3.63, 3.8) is 0 Å². The normalized spacial score (nSPS) is 25.9. The molecule has 0 unspecified atom stereocenters. The van der Waals surface area contributed by atoms with E-state index in [1.807, 2.05) is 6.92 Å². The Morgan fingerprint density at radius 2 is 2.15 bits per heavy atom. The van der Waals surface area contributed by atoms with E-state index in [-0.39, 0.29) is 11.9 Å². The molecule has 0 saturated heterocycles. The van der Waals surface area contributed by atoms with Gasteiger partial charge in [0.25, 0.3) is 0 Å². The topological polar surface area (TPSA) is 58.6 Å². The van der Waals surface area contributed by atoms with Crippen LogP contribution in [0, 0.1) is 18.3 Å². The first-order valence-electron chi connectivity index (χ1n) is 7.64. The molecule has 0 aromatic heterocycles. The lowest BCUT2D eigenvalue weighted by Crippen LogP contribution is -2.44. The summed E-state index contributed by atoms with van der Waals surface area (Å²) in [5, 5.41) is 13.7. The summed E-state index contributed by atoms with van der Waals surface area (Å²) in [5.74, 6) is 2.47. The Morgan fingerprint density at radius 3 is 2.75 bits per heavy atom. The van der Waals surface area contributed by atoms with E-state index in [9.17, 15) is 9.90 Å². The third-order valence-corrected chi connectivity index (χ3v) is 3.91. The van der Waals surface area contributed by atoms with E-state index in [0.717, 1.165) is 25.8 Å². The van der Waals surface area contributed by atoms with Crippen LogP contribution in [0.1, 0.15) is 51.9 Å². The van der Waals surface area contributed by atoms with Gasteiger partial charge in [-0.1, -0.05) is 0 Å². The number of carbonyl (C=O) groups excluding carboxylic acids is 1. The van der Waals surface area contributed by atoms with E-state index >= 15 is 0 Å². The summed E-state index contributed by atoms with van der Waals surface area (Å²) in [6.07, 6.45) is 10.8. The Balaban J connectivity index is 2.18. The largest absolute Gasteiger partial charge is 0.466 e. The molecule has 0 aromatic rings. The van der Waals surface area contributed by atoms with Gasteiger partial charge in [0.2, 0.25) is 0 Å². The molecule has 0 aromatic carbocycles. The first-order chi connectivity index (χ1) is 9.61. The maximum Gasteiger partial charge on any atom is 0.308 e. The fourth-order valence-corrected chi connectivity index (χ4v) is 2.63. The molecule has 2 N–H and O–H groups in total. The predicted octanol–water partition coefficient (Wildman–Crippen LogP) is 1.86. The van der Waals surface area contributed by atoms with Gasteiger partial charge < -0.3 is 15.2 Å². The summed E-state index contributed by atoms with van der Waals surface area (Å²) in [7, 11) is 0. The average molecular weight is 281 g/mol. The van der Waals surface area contributed by atoms with E-state index in [1.54, 1.807) is 0 Å². The molecule has 1 aliphatic carbocycles. The lowest BCUT2D eigenvalue weighted by molar-refractivity contribution is -0.151. The van der Waals surface area contributed by atoms with Gasteiger partial charge in [-0.15, -0.1) is 12.3 Å². The smallest absolute Gasteiger partial charge is 0.308 e. The lowest BCUT2D eigenvalue weighted by atomic mass is 9.79. The third kappa shape index (κ3) is 5.94. The molecule has 0 amide bonds. The van der Waals surface area contributed by atoms with Crippen LogP contribution in [-0.4, -0.2) is 36.4 Å². The number of hydrogen-bond acceptors (Lipinski definition) is 4. The van der Waals surface area contributed by atoms with Crippen LogP contribution >= 0.6 is 0 Å². The maximum atomic E-state index is 11.6. The summed E-state index contributed by atoms with van der Waals surface area (Å²) >= 11 is 0. The van der Waals surface area contributed by atoms with Crippen LogP contribution in [-0.2, 0) is 9.53 Å². The molecule has 0 spiro atoms. The molecular formula is C16H27NO3. The fraction of sp³-hybridized carbons (Fsp3) is 0.812. The minimum absolute atomic E-state index is 0.0362. The molecule has 0 atom stereocenters. The van der Waals surface area contributed by atoms with Crippen LogP contribution in [0.5, 0.6) is 0 Å². The summed E-state index contributed by atoms with van der Waals surface area (Å²) in [6, 6.07) is 0. The zero-order valence-corrected chi connectivity index (χ0v) is 12.5. The Morgan fingerprint density at radius 1 is 1.45 bits per heavy atom. The fourth-order valence-electron chi connectivity index (χ4n) is 2.63. The van der Waals surface area contributed by atoms with Crippen molar-refractivity contribution in [2.75, 3.05) is 19.7 Å². The monoisotopic (exact) mass is 281 g/mol. The highest BCUT2D eigenvalue weighted by Crippen LogP contribution is 2.32. The lowest BCUT2D eigenvalue weighted by Gasteiger charge is -2.35. The van der Waals surface area contributed by atoms with Crippen molar-refractivity contribution >= 4 is 5.97 Å². The summed E-state index contributed by atoms with van der Waals surface area (Å²) < 4.78 is 5.03. The van der Waals surface area contributed by atoms with E-state index in [1.165, 1.54) is 0 Å². The predicted molar refractivity (Wildman–Crippen MR) is 79.1 cm³/mol. The number of carbonyl (C=O) groups is 1. The van der Waals surface area contributed by atoms with Crippen LogP contribution in [0.4, 0.5) is 0 Å². The van der Waals surface area contributed by atoms with Crippen molar-refractivity contribution < 1.29 is 14.6 Å². The first-order valence-corrected chi connectivity index (χ1v) is 7.64. The third-order valence-electron chi connectivity index (χ3n) is 3.91. The highest BCUT2D eigenvalue weighted by molar-refractivity contribution is 5.72. The van der Waals surface area contributed by atoms with Gasteiger partial charge in [-0.2, -0.15) is 0 Å². The molecule has 4 heteroatoms. The molecule has 1 saturated carbocycles. The van der Waals surface area contributed by atoms with Gasteiger partial charge in [-0.3, -0.25) is 4.79 Å². The zero-order chi connectivity index (χ0) is 14.8. The second kappa shape index (κ2) is 8.99. The highest BCUT2D eigenvalue weighted by atomic mass is 16.5. The van der Waals surface area contributed by atoms with Crippen molar-refractivity contribution in [3.05, 3.63) is 0 Å². The molecule has 1 aliphatic rings. The number of esters is 1. The second-order valence-electron chi connectivity index (χ2n) is 5.59. The molecule has 0 aliphatic heterocycles. The quantitative estimate of drug-likeness (QED) is 0.405. The Kier molecular flexibility index (Phi) is 7.64. The number of ether oxygens (including phenoxy) is 1. The maximum absolute atomic E-state index is 11.6. The van der Waals surface area contributed by atoms with Gasteiger partial charge in [0.1, 0.15) is 0 Å². The number of unbranched alkanes of at least 4 members (excludes halogenated alkanes) is 2.